The van der Waals surface area contributed by atoms with Gasteiger partial charge in [-0.25, -0.2) is 4.39 Å². The lowest BCUT2D eigenvalue weighted by Gasteiger charge is -2.26. The van der Waals surface area contributed by atoms with Crippen LogP contribution < -0.4 is 10.6 Å². The zero-order valence-electron chi connectivity index (χ0n) is 12.6. The summed E-state index contributed by atoms with van der Waals surface area (Å²) in [5, 5.41) is 11.7. The summed E-state index contributed by atoms with van der Waals surface area (Å²) in [6, 6.07) is 7.40. The predicted octanol–water partition coefficient (Wildman–Crippen LogP) is 2.26. The minimum absolute atomic E-state index is 0.189. The molecule has 3 heterocycles. The van der Waals surface area contributed by atoms with Gasteiger partial charge in [0.2, 0.25) is 0 Å². The maximum Gasteiger partial charge on any atom is 0.132 e. The highest BCUT2D eigenvalue weighted by Gasteiger charge is 2.27. The Balaban J connectivity index is 1.82. The first kappa shape index (κ1) is 13.9. The van der Waals surface area contributed by atoms with E-state index in [1.807, 2.05) is 12.1 Å². The van der Waals surface area contributed by atoms with Gasteiger partial charge in [-0.05, 0) is 38.1 Å². The number of hydrogen-bond donors (Lipinski definition) is 2. The minimum Gasteiger partial charge on any atom is -0.317 e. The van der Waals surface area contributed by atoms with Gasteiger partial charge in [-0.2, -0.15) is 5.10 Å². The van der Waals surface area contributed by atoms with E-state index in [-0.39, 0.29) is 5.82 Å². The van der Waals surface area contributed by atoms with Gasteiger partial charge in [-0.15, -0.1) is 0 Å². The molecule has 2 aromatic rings. The highest BCUT2D eigenvalue weighted by Crippen LogP contribution is 2.32. The normalized spacial score (nSPS) is 19.1. The van der Waals surface area contributed by atoms with E-state index in [2.05, 4.69) is 15.3 Å². The van der Waals surface area contributed by atoms with Crippen molar-refractivity contribution in [2.45, 2.75) is 31.8 Å². The predicted molar refractivity (Wildman–Crippen MR) is 84.2 cm³/mol. The molecule has 0 radical (unpaired) electrons. The van der Waals surface area contributed by atoms with Crippen molar-refractivity contribution >= 4 is 0 Å². The van der Waals surface area contributed by atoms with Crippen LogP contribution in [0.5, 0.6) is 0 Å². The average molecular weight is 300 g/mol. The summed E-state index contributed by atoms with van der Waals surface area (Å²) in [6.45, 7) is 3.82. The van der Waals surface area contributed by atoms with Crippen molar-refractivity contribution < 1.29 is 4.39 Å². The van der Waals surface area contributed by atoms with Crippen molar-refractivity contribution in [3.63, 3.8) is 0 Å². The van der Waals surface area contributed by atoms with Gasteiger partial charge in [0.25, 0.3) is 0 Å². The molecule has 4 nitrogen and oxygen atoms in total. The van der Waals surface area contributed by atoms with E-state index in [9.17, 15) is 4.39 Å². The maximum atomic E-state index is 14.2. The highest BCUT2D eigenvalue weighted by molar-refractivity contribution is 5.65. The Bertz CT molecular complexity index is 673. The molecule has 116 valence electrons. The molecule has 4 rings (SSSR count). The first-order valence-electron chi connectivity index (χ1n) is 8.11. The van der Waals surface area contributed by atoms with Gasteiger partial charge < -0.3 is 10.6 Å². The molecule has 5 heteroatoms. The second-order valence-corrected chi connectivity index (χ2v) is 6.11. The number of nitrogens with zero attached hydrogens (tertiary/aromatic N) is 2. The zero-order valence-corrected chi connectivity index (χ0v) is 12.6. The number of aromatic nitrogens is 2. The number of piperidine rings is 1. The summed E-state index contributed by atoms with van der Waals surface area (Å²) in [7, 11) is 0. The van der Waals surface area contributed by atoms with Crippen LogP contribution in [-0.4, -0.2) is 29.4 Å². The smallest absolute Gasteiger partial charge is 0.132 e. The molecule has 1 fully saturated rings. The molecule has 1 saturated heterocycles. The summed E-state index contributed by atoms with van der Waals surface area (Å²) >= 11 is 0. The Morgan fingerprint density at radius 2 is 1.91 bits per heavy atom. The van der Waals surface area contributed by atoms with E-state index in [0.29, 0.717) is 11.6 Å². The number of fused-ring (bicyclic) bond motifs is 1. The van der Waals surface area contributed by atoms with E-state index >= 15 is 0 Å². The van der Waals surface area contributed by atoms with Crippen molar-refractivity contribution in [2.75, 3.05) is 19.6 Å². The van der Waals surface area contributed by atoms with Crippen LogP contribution in [0.3, 0.4) is 0 Å². The molecule has 0 spiro atoms. The van der Waals surface area contributed by atoms with Crippen LogP contribution in [0.25, 0.3) is 11.3 Å². The number of nitrogens with one attached hydrogen (secondary N) is 2. The minimum atomic E-state index is -0.189. The molecule has 0 bridgehead atoms. The van der Waals surface area contributed by atoms with Crippen molar-refractivity contribution in [3.05, 3.63) is 41.3 Å². The molecule has 0 amide bonds. The molecule has 22 heavy (non-hydrogen) atoms. The quantitative estimate of drug-likeness (QED) is 0.894. The van der Waals surface area contributed by atoms with E-state index in [4.69, 9.17) is 5.10 Å². The molecule has 2 aliphatic heterocycles. The molecule has 1 aromatic carbocycles. The summed E-state index contributed by atoms with van der Waals surface area (Å²) in [6.07, 6.45) is 3.16. The Morgan fingerprint density at radius 1 is 1.09 bits per heavy atom. The van der Waals surface area contributed by atoms with Crippen molar-refractivity contribution in [1.82, 2.24) is 20.4 Å². The van der Waals surface area contributed by atoms with Crippen LogP contribution in [0.1, 0.15) is 30.1 Å². The van der Waals surface area contributed by atoms with E-state index < -0.39 is 0 Å². The fourth-order valence-electron chi connectivity index (χ4n) is 3.60. The third-order valence-electron chi connectivity index (χ3n) is 4.74. The monoisotopic (exact) mass is 300 g/mol. The van der Waals surface area contributed by atoms with Gasteiger partial charge in [0.05, 0.1) is 6.04 Å². The van der Waals surface area contributed by atoms with E-state index in [1.54, 1.807) is 6.07 Å². The first-order valence-corrected chi connectivity index (χ1v) is 8.11. The summed E-state index contributed by atoms with van der Waals surface area (Å²) in [5.74, 6) is -0.189. The van der Waals surface area contributed by atoms with Gasteiger partial charge in [0.1, 0.15) is 11.5 Å². The molecular formula is C17H21FN4. The second kappa shape index (κ2) is 5.82. The molecule has 0 aliphatic carbocycles. The Kier molecular flexibility index (Phi) is 3.68. The highest BCUT2D eigenvalue weighted by atomic mass is 19.1. The Labute approximate surface area is 129 Å². The molecule has 0 saturated carbocycles. The third kappa shape index (κ3) is 2.34. The number of hydrogen-bond acceptors (Lipinski definition) is 3. The van der Waals surface area contributed by atoms with Crippen molar-refractivity contribution in [2.24, 2.45) is 0 Å². The zero-order chi connectivity index (χ0) is 14.9. The lowest BCUT2D eigenvalue weighted by Crippen LogP contribution is -2.32. The van der Waals surface area contributed by atoms with Gasteiger partial charge in [0.15, 0.2) is 0 Å². The van der Waals surface area contributed by atoms with Gasteiger partial charge in [0, 0.05) is 36.3 Å². The summed E-state index contributed by atoms with van der Waals surface area (Å²) in [5.41, 5.74) is 3.91. The van der Waals surface area contributed by atoms with Crippen LogP contribution in [0.4, 0.5) is 4.39 Å². The SMILES string of the molecule is Fc1ccccc1-c1nn(C2CCNCC2)c2c1CNCC2. The molecule has 0 unspecified atom stereocenters. The molecule has 0 atom stereocenters. The standard InChI is InChI=1S/C17H21FN4/c18-15-4-2-1-3-13(15)17-14-11-20-10-7-16(14)22(21-17)12-5-8-19-9-6-12/h1-4,12,19-20H,5-11H2. The molecule has 1 aromatic heterocycles. The van der Waals surface area contributed by atoms with Gasteiger partial charge in [-0.3, -0.25) is 4.68 Å². The van der Waals surface area contributed by atoms with Crippen LogP contribution in [-0.2, 0) is 13.0 Å². The fourth-order valence-corrected chi connectivity index (χ4v) is 3.60. The number of halogens is 1. The van der Waals surface area contributed by atoms with Gasteiger partial charge >= 0.3 is 0 Å². The second-order valence-electron chi connectivity index (χ2n) is 6.11. The van der Waals surface area contributed by atoms with Crippen molar-refractivity contribution in [3.8, 4) is 11.3 Å². The fraction of sp³-hybridized carbons (Fsp3) is 0.471. The topological polar surface area (TPSA) is 41.9 Å². The lowest BCUT2D eigenvalue weighted by molar-refractivity contribution is 0.333. The first-order chi connectivity index (χ1) is 10.8. The van der Waals surface area contributed by atoms with E-state index in [1.165, 1.54) is 17.3 Å². The molecular weight excluding hydrogens is 279 g/mol. The van der Waals surface area contributed by atoms with Crippen LogP contribution in [0.15, 0.2) is 24.3 Å². The largest absolute Gasteiger partial charge is 0.317 e. The third-order valence-corrected chi connectivity index (χ3v) is 4.74. The molecule has 2 aliphatic rings. The van der Waals surface area contributed by atoms with E-state index in [0.717, 1.165) is 51.1 Å². The number of benzene rings is 1. The van der Waals surface area contributed by atoms with Crippen LogP contribution in [0, 0.1) is 5.82 Å². The Hall–Kier alpha value is -1.72. The summed E-state index contributed by atoms with van der Waals surface area (Å²) < 4.78 is 16.4. The lowest BCUT2D eigenvalue weighted by atomic mass is 10.0. The Morgan fingerprint density at radius 3 is 2.73 bits per heavy atom. The number of rotatable bonds is 2. The summed E-state index contributed by atoms with van der Waals surface area (Å²) in [4.78, 5) is 0. The van der Waals surface area contributed by atoms with Crippen LogP contribution in [0.2, 0.25) is 0 Å². The molecule has 2 N–H and O–H groups in total. The van der Waals surface area contributed by atoms with Crippen molar-refractivity contribution in [1.29, 1.82) is 0 Å². The average Bonchev–Trinajstić information content (AvgIpc) is 2.96. The van der Waals surface area contributed by atoms with Gasteiger partial charge in [-0.1, -0.05) is 12.1 Å². The maximum absolute atomic E-state index is 14.2. The van der Waals surface area contributed by atoms with Crippen LogP contribution >= 0.6 is 0 Å².